The minimum absolute atomic E-state index is 0.112. The van der Waals surface area contributed by atoms with Crippen molar-refractivity contribution in [2.45, 2.75) is 6.54 Å². The third-order valence-electron chi connectivity index (χ3n) is 1.93. The van der Waals surface area contributed by atoms with Crippen molar-refractivity contribution in [2.75, 3.05) is 0 Å². The van der Waals surface area contributed by atoms with Gasteiger partial charge < -0.3 is 5.32 Å². The predicted molar refractivity (Wildman–Crippen MR) is 54.0 cm³/mol. The number of nitrogens with zero attached hydrogens (tertiary/aromatic N) is 2. The first-order valence-electron chi connectivity index (χ1n) is 4.54. The number of aromatic amines is 1. The summed E-state index contributed by atoms with van der Waals surface area (Å²) in [6.45, 7) is 0.379. The standard InChI is InChI=1S/C10H10N4O/c15-10(8-4-2-1-3-5-8)11-6-9-7-12-14-13-9/h1-5,7H,6H2,(H,11,15)(H,12,13,14). The van der Waals surface area contributed by atoms with Crippen LogP contribution in [0.15, 0.2) is 36.5 Å². The van der Waals surface area contributed by atoms with Gasteiger partial charge in [-0.3, -0.25) is 4.79 Å². The Hall–Kier alpha value is -2.17. The Morgan fingerprint density at radius 2 is 2.13 bits per heavy atom. The van der Waals surface area contributed by atoms with Gasteiger partial charge in [0.15, 0.2) is 0 Å². The van der Waals surface area contributed by atoms with Gasteiger partial charge in [0, 0.05) is 5.56 Å². The first-order chi connectivity index (χ1) is 7.36. The second-order valence-electron chi connectivity index (χ2n) is 3.01. The van der Waals surface area contributed by atoms with Crippen LogP contribution in [0.25, 0.3) is 0 Å². The number of benzene rings is 1. The molecule has 0 radical (unpaired) electrons. The SMILES string of the molecule is O=C(NCc1cn[nH]n1)c1ccccc1. The van der Waals surface area contributed by atoms with Crippen LogP contribution in [-0.2, 0) is 6.54 Å². The van der Waals surface area contributed by atoms with E-state index in [4.69, 9.17) is 0 Å². The molecule has 76 valence electrons. The topological polar surface area (TPSA) is 70.7 Å². The molecule has 5 nitrogen and oxygen atoms in total. The lowest BCUT2D eigenvalue weighted by Gasteiger charge is -2.01. The molecule has 1 amide bonds. The molecule has 0 fully saturated rings. The normalized spacial score (nSPS) is 9.87. The van der Waals surface area contributed by atoms with Crippen LogP contribution in [0.3, 0.4) is 0 Å². The lowest BCUT2D eigenvalue weighted by atomic mass is 10.2. The maximum absolute atomic E-state index is 11.6. The van der Waals surface area contributed by atoms with Crippen molar-refractivity contribution in [3.63, 3.8) is 0 Å². The van der Waals surface area contributed by atoms with E-state index in [2.05, 4.69) is 20.7 Å². The van der Waals surface area contributed by atoms with E-state index in [0.29, 0.717) is 17.8 Å². The van der Waals surface area contributed by atoms with Crippen LogP contribution in [0.1, 0.15) is 16.1 Å². The van der Waals surface area contributed by atoms with Crippen LogP contribution < -0.4 is 5.32 Å². The molecule has 1 aromatic carbocycles. The Morgan fingerprint density at radius 1 is 1.33 bits per heavy atom. The van der Waals surface area contributed by atoms with Gasteiger partial charge in [-0.1, -0.05) is 18.2 Å². The van der Waals surface area contributed by atoms with Crippen molar-refractivity contribution < 1.29 is 4.79 Å². The van der Waals surface area contributed by atoms with Gasteiger partial charge in [-0.15, -0.1) is 0 Å². The van der Waals surface area contributed by atoms with Gasteiger partial charge in [0.2, 0.25) is 0 Å². The van der Waals surface area contributed by atoms with Crippen molar-refractivity contribution in [2.24, 2.45) is 0 Å². The highest BCUT2D eigenvalue weighted by Gasteiger charge is 2.04. The van der Waals surface area contributed by atoms with Gasteiger partial charge >= 0.3 is 0 Å². The molecule has 0 aliphatic heterocycles. The first-order valence-corrected chi connectivity index (χ1v) is 4.54. The Labute approximate surface area is 86.5 Å². The van der Waals surface area contributed by atoms with Crippen molar-refractivity contribution in [1.82, 2.24) is 20.7 Å². The quantitative estimate of drug-likeness (QED) is 0.771. The summed E-state index contributed by atoms with van der Waals surface area (Å²) in [6, 6.07) is 9.04. The first kappa shape index (κ1) is 9.39. The molecule has 0 atom stereocenters. The molecule has 0 spiro atoms. The van der Waals surface area contributed by atoms with Crippen LogP contribution in [-0.4, -0.2) is 21.3 Å². The Bertz CT molecular complexity index is 424. The average molecular weight is 202 g/mol. The molecule has 0 aliphatic carbocycles. The third-order valence-corrected chi connectivity index (χ3v) is 1.93. The zero-order chi connectivity index (χ0) is 10.5. The summed E-state index contributed by atoms with van der Waals surface area (Å²) in [5.41, 5.74) is 1.35. The lowest BCUT2D eigenvalue weighted by molar-refractivity contribution is 0.0950. The van der Waals surface area contributed by atoms with Crippen molar-refractivity contribution in [1.29, 1.82) is 0 Å². The van der Waals surface area contributed by atoms with Crippen LogP contribution in [0.2, 0.25) is 0 Å². The van der Waals surface area contributed by atoms with Gasteiger partial charge in [0.1, 0.15) is 5.69 Å². The minimum Gasteiger partial charge on any atom is -0.346 e. The van der Waals surface area contributed by atoms with Crippen LogP contribution in [0, 0.1) is 0 Å². The largest absolute Gasteiger partial charge is 0.346 e. The second kappa shape index (κ2) is 4.36. The fourth-order valence-corrected chi connectivity index (χ4v) is 1.17. The van der Waals surface area contributed by atoms with Crippen molar-refractivity contribution in [3.05, 3.63) is 47.8 Å². The predicted octanol–water partition coefficient (Wildman–Crippen LogP) is 0.735. The van der Waals surface area contributed by atoms with E-state index in [0.717, 1.165) is 0 Å². The highest BCUT2D eigenvalue weighted by atomic mass is 16.1. The van der Waals surface area contributed by atoms with Gasteiger partial charge in [0.25, 0.3) is 5.91 Å². The second-order valence-corrected chi connectivity index (χ2v) is 3.01. The van der Waals surface area contributed by atoms with Gasteiger partial charge in [-0.25, -0.2) is 0 Å². The van der Waals surface area contributed by atoms with Crippen LogP contribution in [0.5, 0.6) is 0 Å². The minimum atomic E-state index is -0.112. The highest BCUT2D eigenvalue weighted by Crippen LogP contribution is 1.98. The Balaban J connectivity index is 1.94. The summed E-state index contributed by atoms with van der Waals surface area (Å²) in [6.07, 6.45) is 1.57. The Kier molecular flexibility index (Phi) is 2.73. The molecule has 0 unspecified atom stereocenters. The van der Waals surface area contributed by atoms with Gasteiger partial charge in [-0.05, 0) is 12.1 Å². The van der Waals surface area contributed by atoms with Gasteiger partial charge in [-0.2, -0.15) is 15.4 Å². The molecule has 1 aromatic heterocycles. The van der Waals surface area contributed by atoms with Gasteiger partial charge in [0.05, 0.1) is 12.7 Å². The zero-order valence-corrected chi connectivity index (χ0v) is 7.97. The number of nitrogens with one attached hydrogen (secondary N) is 2. The van der Waals surface area contributed by atoms with E-state index < -0.39 is 0 Å². The molecule has 0 aliphatic rings. The maximum Gasteiger partial charge on any atom is 0.251 e. The summed E-state index contributed by atoms with van der Waals surface area (Å²) in [7, 11) is 0. The molecule has 15 heavy (non-hydrogen) atoms. The molecule has 2 aromatic rings. The van der Waals surface area contributed by atoms with E-state index in [-0.39, 0.29) is 5.91 Å². The highest BCUT2D eigenvalue weighted by molar-refractivity contribution is 5.93. The lowest BCUT2D eigenvalue weighted by Crippen LogP contribution is -2.22. The Morgan fingerprint density at radius 3 is 2.80 bits per heavy atom. The van der Waals surface area contributed by atoms with Crippen molar-refractivity contribution >= 4 is 5.91 Å². The molecular formula is C10H10N4O. The number of H-pyrrole nitrogens is 1. The molecule has 5 heteroatoms. The monoisotopic (exact) mass is 202 g/mol. The fourth-order valence-electron chi connectivity index (χ4n) is 1.17. The molecule has 2 rings (SSSR count). The number of carbonyl (C=O) groups is 1. The van der Waals surface area contributed by atoms with E-state index in [1.807, 2.05) is 18.2 Å². The van der Waals surface area contributed by atoms with E-state index >= 15 is 0 Å². The summed E-state index contributed by atoms with van der Waals surface area (Å²) in [4.78, 5) is 11.6. The number of aromatic nitrogens is 3. The number of rotatable bonds is 3. The van der Waals surface area contributed by atoms with E-state index in [1.165, 1.54) is 0 Å². The van der Waals surface area contributed by atoms with Crippen molar-refractivity contribution in [3.8, 4) is 0 Å². The third kappa shape index (κ3) is 2.40. The molecule has 0 saturated heterocycles. The number of amides is 1. The summed E-state index contributed by atoms with van der Waals surface area (Å²) < 4.78 is 0. The maximum atomic E-state index is 11.6. The zero-order valence-electron chi connectivity index (χ0n) is 7.97. The van der Waals surface area contributed by atoms with Crippen LogP contribution in [0.4, 0.5) is 0 Å². The van der Waals surface area contributed by atoms with E-state index in [1.54, 1.807) is 18.3 Å². The summed E-state index contributed by atoms with van der Waals surface area (Å²) in [5.74, 6) is -0.112. The molecule has 0 saturated carbocycles. The summed E-state index contributed by atoms with van der Waals surface area (Å²) in [5, 5.41) is 12.7. The molecular weight excluding hydrogens is 192 g/mol. The number of carbonyl (C=O) groups excluding carboxylic acids is 1. The van der Waals surface area contributed by atoms with Crippen LogP contribution >= 0.6 is 0 Å². The van der Waals surface area contributed by atoms with E-state index in [9.17, 15) is 4.79 Å². The summed E-state index contributed by atoms with van der Waals surface area (Å²) >= 11 is 0. The number of hydrogen-bond donors (Lipinski definition) is 2. The number of hydrogen-bond acceptors (Lipinski definition) is 3. The molecule has 1 heterocycles. The average Bonchev–Trinajstić information content (AvgIpc) is 2.80. The molecule has 2 N–H and O–H groups in total. The smallest absolute Gasteiger partial charge is 0.251 e. The molecule has 0 bridgehead atoms. The fraction of sp³-hybridized carbons (Fsp3) is 0.100.